The van der Waals surface area contributed by atoms with Crippen LogP contribution in [0, 0.1) is 11.7 Å². The Morgan fingerprint density at radius 3 is 2.72 bits per heavy atom. The van der Waals surface area contributed by atoms with E-state index in [1.165, 1.54) is 19.2 Å². The van der Waals surface area contributed by atoms with Crippen LogP contribution in [0.4, 0.5) is 4.39 Å². The molecule has 0 bridgehead atoms. The summed E-state index contributed by atoms with van der Waals surface area (Å²) in [5.74, 6) is -0.293. The lowest BCUT2D eigenvalue weighted by Gasteiger charge is -2.12. The van der Waals surface area contributed by atoms with Crippen molar-refractivity contribution < 1.29 is 13.9 Å². The van der Waals surface area contributed by atoms with Crippen LogP contribution >= 0.6 is 0 Å². The average Bonchev–Trinajstić information content (AvgIpc) is 2.36. The summed E-state index contributed by atoms with van der Waals surface area (Å²) >= 11 is 0. The maximum atomic E-state index is 13.6. The molecule has 2 N–H and O–H groups in total. The van der Waals surface area contributed by atoms with E-state index in [-0.39, 0.29) is 5.56 Å². The molecule has 1 unspecified atom stereocenters. The summed E-state index contributed by atoms with van der Waals surface area (Å²) in [5.41, 5.74) is 0.0347. The van der Waals surface area contributed by atoms with E-state index >= 15 is 0 Å². The quantitative estimate of drug-likeness (QED) is 0.807. The molecule has 0 aliphatic heterocycles. The lowest BCUT2D eigenvalue weighted by molar-refractivity contribution is 0.0944. The van der Waals surface area contributed by atoms with Crippen LogP contribution < -0.4 is 15.4 Å². The van der Waals surface area contributed by atoms with Gasteiger partial charge in [-0.25, -0.2) is 4.39 Å². The van der Waals surface area contributed by atoms with Crippen molar-refractivity contribution in [3.8, 4) is 5.75 Å². The molecule has 1 aromatic rings. The van der Waals surface area contributed by atoms with Crippen molar-refractivity contribution in [1.29, 1.82) is 0 Å². The van der Waals surface area contributed by atoms with Crippen molar-refractivity contribution in [2.75, 3.05) is 27.2 Å². The smallest absolute Gasteiger partial charge is 0.254 e. The van der Waals surface area contributed by atoms with Crippen LogP contribution in [0.2, 0.25) is 0 Å². The zero-order chi connectivity index (χ0) is 13.5. The number of nitrogens with one attached hydrogen (secondary N) is 2. The van der Waals surface area contributed by atoms with Crippen LogP contribution in [0.3, 0.4) is 0 Å². The van der Waals surface area contributed by atoms with Gasteiger partial charge >= 0.3 is 0 Å². The van der Waals surface area contributed by atoms with Gasteiger partial charge in [-0.15, -0.1) is 0 Å². The molecule has 18 heavy (non-hydrogen) atoms. The van der Waals surface area contributed by atoms with Gasteiger partial charge in [-0.3, -0.25) is 4.79 Å². The second-order valence-electron chi connectivity index (χ2n) is 4.22. The molecular formula is C13H19FN2O2. The van der Waals surface area contributed by atoms with Gasteiger partial charge < -0.3 is 15.4 Å². The highest BCUT2D eigenvalue weighted by Crippen LogP contribution is 2.16. The maximum absolute atomic E-state index is 13.6. The van der Waals surface area contributed by atoms with Crippen molar-refractivity contribution in [1.82, 2.24) is 10.6 Å². The highest BCUT2D eigenvalue weighted by atomic mass is 19.1. The highest BCUT2D eigenvalue weighted by Gasteiger charge is 2.13. The molecule has 5 heteroatoms. The van der Waals surface area contributed by atoms with Gasteiger partial charge in [0.15, 0.2) is 0 Å². The second-order valence-corrected chi connectivity index (χ2v) is 4.22. The van der Waals surface area contributed by atoms with E-state index in [0.29, 0.717) is 18.2 Å². The number of ether oxygens (including phenoxy) is 1. The van der Waals surface area contributed by atoms with Gasteiger partial charge in [0.05, 0.1) is 12.7 Å². The van der Waals surface area contributed by atoms with E-state index in [0.717, 1.165) is 6.54 Å². The molecule has 4 nitrogen and oxygen atoms in total. The first-order valence-electron chi connectivity index (χ1n) is 5.84. The minimum absolute atomic E-state index is 0.0347. The number of hydrogen-bond donors (Lipinski definition) is 2. The zero-order valence-corrected chi connectivity index (χ0v) is 10.9. The third-order valence-corrected chi connectivity index (χ3v) is 2.58. The first kappa shape index (κ1) is 14.4. The molecule has 1 atom stereocenters. The Morgan fingerprint density at radius 1 is 1.44 bits per heavy atom. The second kappa shape index (κ2) is 6.96. The Bertz CT molecular complexity index is 410. The minimum atomic E-state index is -0.576. The predicted octanol–water partition coefficient (Wildman–Crippen LogP) is 1.42. The summed E-state index contributed by atoms with van der Waals surface area (Å²) < 4.78 is 18.5. The molecule has 1 rings (SSSR count). The molecule has 1 amide bonds. The van der Waals surface area contributed by atoms with Crippen molar-refractivity contribution in [3.63, 3.8) is 0 Å². The van der Waals surface area contributed by atoms with E-state index in [1.807, 2.05) is 14.0 Å². The predicted molar refractivity (Wildman–Crippen MR) is 68.4 cm³/mol. The van der Waals surface area contributed by atoms with Crippen molar-refractivity contribution >= 4 is 5.91 Å². The fraction of sp³-hybridized carbons (Fsp3) is 0.462. The number of hydrogen-bond acceptors (Lipinski definition) is 3. The van der Waals surface area contributed by atoms with Gasteiger partial charge in [-0.05, 0) is 31.6 Å². The van der Waals surface area contributed by atoms with E-state index < -0.39 is 11.7 Å². The van der Waals surface area contributed by atoms with Crippen molar-refractivity contribution in [2.45, 2.75) is 6.92 Å². The summed E-state index contributed by atoms with van der Waals surface area (Å²) in [7, 11) is 3.30. The molecule has 0 radical (unpaired) electrons. The number of amides is 1. The molecule has 0 saturated carbocycles. The van der Waals surface area contributed by atoms with Gasteiger partial charge in [0.2, 0.25) is 0 Å². The van der Waals surface area contributed by atoms with Crippen molar-refractivity contribution in [3.05, 3.63) is 29.6 Å². The Kier molecular flexibility index (Phi) is 5.58. The Morgan fingerprint density at radius 2 is 2.17 bits per heavy atom. The summed E-state index contributed by atoms with van der Waals surface area (Å²) in [6.45, 7) is 3.30. The summed E-state index contributed by atoms with van der Waals surface area (Å²) in [5, 5.41) is 5.72. The summed E-state index contributed by atoms with van der Waals surface area (Å²) in [6, 6.07) is 4.19. The number of carbonyl (C=O) groups excluding carboxylic acids is 1. The fourth-order valence-corrected chi connectivity index (χ4v) is 1.59. The highest BCUT2D eigenvalue weighted by molar-refractivity contribution is 5.94. The standard InChI is InChI=1S/C13H19FN2O2/c1-9(7-15-2)8-16-13(17)11-5-4-10(18-3)6-12(11)14/h4-6,9,15H,7-8H2,1-3H3,(H,16,17). The number of rotatable bonds is 6. The molecule has 0 aliphatic rings. The van der Waals surface area contributed by atoms with Crippen LogP contribution in [0.1, 0.15) is 17.3 Å². The van der Waals surface area contributed by atoms with Crippen LogP contribution in [0.15, 0.2) is 18.2 Å². The van der Waals surface area contributed by atoms with Gasteiger partial charge in [0.1, 0.15) is 11.6 Å². The molecule has 0 fully saturated rings. The topological polar surface area (TPSA) is 50.4 Å². The normalized spacial score (nSPS) is 12.0. The first-order chi connectivity index (χ1) is 8.58. The molecule has 100 valence electrons. The SMILES string of the molecule is CNCC(C)CNC(=O)c1ccc(OC)cc1F. The van der Waals surface area contributed by atoms with E-state index in [4.69, 9.17) is 4.74 Å². The fourth-order valence-electron chi connectivity index (χ4n) is 1.59. The molecule has 0 saturated heterocycles. The Hall–Kier alpha value is -1.62. The molecule has 1 aromatic carbocycles. The van der Waals surface area contributed by atoms with Gasteiger partial charge in [-0.1, -0.05) is 6.92 Å². The zero-order valence-electron chi connectivity index (χ0n) is 10.9. The number of methoxy groups -OCH3 is 1. The number of halogens is 1. The third-order valence-electron chi connectivity index (χ3n) is 2.58. The molecule has 0 spiro atoms. The Balaban J connectivity index is 2.61. The molecule has 0 aliphatic carbocycles. The largest absolute Gasteiger partial charge is 0.497 e. The van der Waals surface area contributed by atoms with Gasteiger partial charge in [-0.2, -0.15) is 0 Å². The molecule has 0 aromatic heterocycles. The van der Waals surface area contributed by atoms with Crippen LogP contribution in [-0.2, 0) is 0 Å². The van der Waals surface area contributed by atoms with Gasteiger partial charge in [0.25, 0.3) is 5.91 Å². The number of benzene rings is 1. The van der Waals surface area contributed by atoms with Crippen molar-refractivity contribution in [2.24, 2.45) is 5.92 Å². The monoisotopic (exact) mass is 254 g/mol. The van der Waals surface area contributed by atoms with E-state index in [2.05, 4.69) is 10.6 Å². The van der Waals surface area contributed by atoms with Crippen LogP contribution in [0.5, 0.6) is 5.75 Å². The molecular weight excluding hydrogens is 235 g/mol. The Labute approximate surface area is 107 Å². The minimum Gasteiger partial charge on any atom is -0.497 e. The first-order valence-corrected chi connectivity index (χ1v) is 5.84. The van der Waals surface area contributed by atoms with E-state index in [1.54, 1.807) is 6.07 Å². The maximum Gasteiger partial charge on any atom is 0.254 e. The van der Waals surface area contributed by atoms with Gasteiger partial charge in [0, 0.05) is 12.6 Å². The van der Waals surface area contributed by atoms with Crippen LogP contribution in [-0.4, -0.2) is 33.2 Å². The number of carbonyl (C=O) groups is 1. The average molecular weight is 254 g/mol. The van der Waals surface area contributed by atoms with E-state index in [9.17, 15) is 9.18 Å². The molecule has 0 heterocycles. The summed E-state index contributed by atoms with van der Waals surface area (Å²) in [4.78, 5) is 11.8. The third kappa shape index (κ3) is 4.00. The van der Waals surface area contributed by atoms with Crippen LogP contribution in [0.25, 0.3) is 0 Å². The lowest BCUT2D eigenvalue weighted by atomic mass is 10.1. The lowest BCUT2D eigenvalue weighted by Crippen LogP contribution is -2.32. The summed E-state index contributed by atoms with van der Waals surface area (Å²) in [6.07, 6.45) is 0.